The lowest BCUT2D eigenvalue weighted by Gasteiger charge is -2.35. The molecule has 0 radical (unpaired) electrons. The first-order chi connectivity index (χ1) is 9.11. The van der Waals surface area contributed by atoms with Crippen LogP contribution in [0.2, 0.25) is 0 Å². The average molecular weight is 340 g/mol. The second-order valence-electron chi connectivity index (χ2n) is 5.53. The summed E-state index contributed by atoms with van der Waals surface area (Å²) in [5.41, 5.74) is 5.44. The van der Waals surface area contributed by atoms with Crippen LogP contribution in [-0.2, 0) is 4.79 Å². The second kappa shape index (κ2) is 11.3. The minimum Gasteiger partial charge on any atom is -0.353 e. The van der Waals surface area contributed by atoms with Crippen molar-refractivity contribution >= 4 is 30.7 Å². The Morgan fingerprint density at radius 1 is 1.33 bits per heavy atom. The molecule has 4 nitrogen and oxygen atoms in total. The number of amides is 1. The van der Waals surface area contributed by atoms with Crippen LogP contribution < -0.4 is 11.1 Å². The number of nitrogens with one attached hydrogen (secondary N) is 1. The van der Waals surface area contributed by atoms with Crippen LogP contribution in [0, 0.1) is 5.41 Å². The minimum atomic E-state index is -0.377. The molecule has 0 unspecified atom stereocenters. The molecule has 0 bridgehead atoms. The number of hydrogen-bond donors (Lipinski definition) is 2. The van der Waals surface area contributed by atoms with Crippen molar-refractivity contribution in [3.8, 4) is 0 Å². The van der Waals surface area contributed by atoms with Gasteiger partial charge in [-0.15, -0.1) is 31.4 Å². The van der Waals surface area contributed by atoms with E-state index in [1.165, 1.54) is 0 Å². The first-order valence-electron chi connectivity index (χ1n) is 7.46. The Kier molecular flexibility index (Phi) is 12.4. The molecule has 0 aromatic heterocycles. The van der Waals surface area contributed by atoms with Crippen molar-refractivity contribution in [3.05, 3.63) is 12.7 Å². The molecule has 1 aliphatic rings. The Hall–Kier alpha value is -0.290. The van der Waals surface area contributed by atoms with Gasteiger partial charge >= 0.3 is 0 Å². The van der Waals surface area contributed by atoms with E-state index in [0.717, 1.165) is 45.3 Å². The molecule has 6 heteroatoms. The summed E-state index contributed by atoms with van der Waals surface area (Å²) in [4.78, 5) is 14.8. The van der Waals surface area contributed by atoms with Gasteiger partial charge in [0.15, 0.2) is 0 Å². The fraction of sp³-hybridized carbons (Fsp3) is 0.800. The van der Waals surface area contributed by atoms with Gasteiger partial charge in [0.2, 0.25) is 5.91 Å². The maximum Gasteiger partial charge on any atom is 0.227 e. The quantitative estimate of drug-likeness (QED) is 0.700. The first kappa shape index (κ1) is 23.0. The number of carbonyl (C=O) groups is 1. The Bertz CT molecular complexity index is 293. The van der Waals surface area contributed by atoms with Crippen molar-refractivity contribution in [2.45, 2.75) is 45.6 Å². The molecule has 126 valence electrons. The highest BCUT2D eigenvalue weighted by Crippen LogP contribution is 2.25. The van der Waals surface area contributed by atoms with Gasteiger partial charge in [-0.1, -0.05) is 19.9 Å². The van der Waals surface area contributed by atoms with E-state index in [1.807, 2.05) is 19.9 Å². The molecule has 3 N–H and O–H groups in total. The monoisotopic (exact) mass is 339 g/mol. The third-order valence-electron chi connectivity index (χ3n) is 4.54. The minimum absolute atomic E-state index is 0. The molecule has 1 fully saturated rings. The van der Waals surface area contributed by atoms with E-state index in [4.69, 9.17) is 5.73 Å². The van der Waals surface area contributed by atoms with Gasteiger partial charge < -0.3 is 11.1 Å². The molecule has 1 heterocycles. The number of likely N-dealkylation sites (tertiary alicyclic amines) is 1. The molecule has 0 aliphatic carbocycles. The molecular formula is C15H31Cl2N3O. The summed E-state index contributed by atoms with van der Waals surface area (Å²) in [5, 5.41) is 3.20. The highest BCUT2D eigenvalue weighted by Gasteiger charge is 2.34. The summed E-state index contributed by atoms with van der Waals surface area (Å²) < 4.78 is 0. The van der Waals surface area contributed by atoms with Crippen molar-refractivity contribution in [3.63, 3.8) is 0 Å². The molecular weight excluding hydrogens is 309 g/mol. The number of piperidine rings is 1. The van der Waals surface area contributed by atoms with Crippen molar-refractivity contribution in [1.82, 2.24) is 10.2 Å². The number of rotatable bonds is 7. The number of hydrogen-bond acceptors (Lipinski definition) is 3. The van der Waals surface area contributed by atoms with Gasteiger partial charge in [-0.3, -0.25) is 9.69 Å². The lowest BCUT2D eigenvalue weighted by molar-refractivity contribution is -0.132. The Morgan fingerprint density at radius 3 is 2.24 bits per heavy atom. The standard InChI is InChI=1S/C15H29N3O.2ClH/c1-4-9-18-10-7-13(8-11-18)17-14(19)15(5-2,6-3)12-16;;/h4,13H,1,5-12,16H2,2-3H3,(H,17,19);2*1H. The molecule has 21 heavy (non-hydrogen) atoms. The van der Waals surface area contributed by atoms with Crippen LogP contribution >= 0.6 is 24.8 Å². The van der Waals surface area contributed by atoms with E-state index < -0.39 is 0 Å². The van der Waals surface area contributed by atoms with Crippen LogP contribution in [0.25, 0.3) is 0 Å². The second-order valence-corrected chi connectivity index (χ2v) is 5.53. The van der Waals surface area contributed by atoms with E-state index in [2.05, 4.69) is 16.8 Å². The summed E-state index contributed by atoms with van der Waals surface area (Å²) in [5.74, 6) is 0.141. The van der Waals surface area contributed by atoms with Crippen molar-refractivity contribution in [2.75, 3.05) is 26.2 Å². The predicted molar refractivity (Wildman–Crippen MR) is 94.4 cm³/mol. The Balaban J connectivity index is 0. The van der Waals surface area contributed by atoms with E-state index in [0.29, 0.717) is 12.6 Å². The van der Waals surface area contributed by atoms with Gasteiger partial charge in [-0.2, -0.15) is 0 Å². The number of nitrogens with two attached hydrogens (primary N) is 1. The lowest BCUT2D eigenvalue weighted by Crippen LogP contribution is -2.51. The van der Waals surface area contributed by atoms with Crippen LogP contribution in [0.5, 0.6) is 0 Å². The van der Waals surface area contributed by atoms with Gasteiger partial charge in [0, 0.05) is 32.2 Å². The zero-order valence-electron chi connectivity index (χ0n) is 13.3. The molecule has 1 aliphatic heterocycles. The largest absolute Gasteiger partial charge is 0.353 e. The van der Waals surface area contributed by atoms with Gasteiger partial charge in [0.05, 0.1) is 5.41 Å². The van der Waals surface area contributed by atoms with Gasteiger partial charge in [0.25, 0.3) is 0 Å². The smallest absolute Gasteiger partial charge is 0.227 e. The summed E-state index contributed by atoms with van der Waals surface area (Å²) in [6.45, 7) is 11.3. The molecule has 0 aromatic rings. The van der Waals surface area contributed by atoms with Gasteiger partial charge in [-0.25, -0.2) is 0 Å². The predicted octanol–water partition coefficient (Wildman–Crippen LogP) is 2.36. The third kappa shape index (κ3) is 6.15. The van der Waals surface area contributed by atoms with Crippen molar-refractivity contribution < 1.29 is 4.79 Å². The topological polar surface area (TPSA) is 58.4 Å². The van der Waals surface area contributed by atoms with E-state index in [1.54, 1.807) is 0 Å². The van der Waals surface area contributed by atoms with E-state index in [-0.39, 0.29) is 36.1 Å². The summed E-state index contributed by atoms with van der Waals surface area (Å²) in [6.07, 6.45) is 5.59. The first-order valence-corrected chi connectivity index (χ1v) is 7.46. The zero-order chi connectivity index (χ0) is 14.3. The summed E-state index contributed by atoms with van der Waals surface area (Å²) >= 11 is 0. The number of nitrogens with zero attached hydrogens (tertiary/aromatic N) is 1. The molecule has 0 saturated carbocycles. The van der Waals surface area contributed by atoms with Gasteiger partial charge in [-0.05, 0) is 25.7 Å². The molecule has 1 saturated heterocycles. The zero-order valence-corrected chi connectivity index (χ0v) is 14.9. The fourth-order valence-corrected chi connectivity index (χ4v) is 2.73. The average Bonchev–Trinajstić information content (AvgIpc) is 2.44. The van der Waals surface area contributed by atoms with Crippen LogP contribution in [0.4, 0.5) is 0 Å². The fourth-order valence-electron chi connectivity index (χ4n) is 2.73. The van der Waals surface area contributed by atoms with E-state index >= 15 is 0 Å². The number of halogens is 2. The highest BCUT2D eigenvalue weighted by molar-refractivity contribution is 5.85. The van der Waals surface area contributed by atoms with Crippen LogP contribution in [0.1, 0.15) is 39.5 Å². The van der Waals surface area contributed by atoms with Crippen LogP contribution in [-0.4, -0.2) is 43.0 Å². The Morgan fingerprint density at radius 2 is 1.86 bits per heavy atom. The van der Waals surface area contributed by atoms with E-state index in [9.17, 15) is 4.79 Å². The molecule has 0 spiro atoms. The molecule has 1 amide bonds. The Labute approximate surface area is 141 Å². The molecule has 0 atom stereocenters. The summed E-state index contributed by atoms with van der Waals surface area (Å²) in [7, 11) is 0. The normalized spacial score (nSPS) is 16.5. The van der Waals surface area contributed by atoms with Gasteiger partial charge in [0.1, 0.15) is 0 Å². The summed E-state index contributed by atoms with van der Waals surface area (Å²) in [6, 6.07) is 0.303. The third-order valence-corrected chi connectivity index (χ3v) is 4.54. The van der Waals surface area contributed by atoms with Crippen molar-refractivity contribution in [1.29, 1.82) is 0 Å². The maximum atomic E-state index is 12.4. The van der Waals surface area contributed by atoms with Crippen LogP contribution in [0.15, 0.2) is 12.7 Å². The molecule has 1 rings (SSSR count). The van der Waals surface area contributed by atoms with Crippen LogP contribution in [0.3, 0.4) is 0 Å². The highest BCUT2D eigenvalue weighted by atomic mass is 35.5. The number of carbonyl (C=O) groups excluding carboxylic acids is 1. The lowest BCUT2D eigenvalue weighted by atomic mass is 9.81. The SMILES string of the molecule is C=CCN1CCC(NC(=O)C(CC)(CC)CN)CC1.Cl.Cl. The van der Waals surface area contributed by atoms with Crippen molar-refractivity contribution in [2.24, 2.45) is 11.1 Å². The maximum absolute atomic E-state index is 12.4. The molecule has 0 aromatic carbocycles.